The molecule has 0 bridgehead atoms. The lowest BCUT2D eigenvalue weighted by Gasteiger charge is -2.25. The van der Waals surface area contributed by atoms with Crippen molar-refractivity contribution < 1.29 is 14.3 Å². The highest BCUT2D eigenvalue weighted by Gasteiger charge is 2.31. The van der Waals surface area contributed by atoms with E-state index in [2.05, 4.69) is 0 Å². The summed E-state index contributed by atoms with van der Waals surface area (Å²) in [5, 5.41) is 0. The van der Waals surface area contributed by atoms with Gasteiger partial charge in [-0.2, -0.15) is 0 Å². The van der Waals surface area contributed by atoms with Gasteiger partial charge < -0.3 is 14.3 Å². The fourth-order valence-corrected chi connectivity index (χ4v) is 1.53. The number of carbonyl (C=O) groups excluding carboxylic acids is 1. The highest BCUT2D eigenvalue weighted by Crippen LogP contribution is 2.23. The Morgan fingerprint density at radius 1 is 1.50 bits per heavy atom. The Morgan fingerprint density at radius 2 is 2.33 bits per heavy atom. The van der Waals surface area contributed by atoms with Crippen molar-refractivity contribution in [2.45, 2.75) is 31.8 Å². The summed E-state index contributed by atoms with van der Waals surface area (Å²) in [7, 11) is 0. The first-order chi connectivity index (χ1) is 5.83. The molecule has 1 aliphatic heterocycles. The summed E-state index contributed by atoms with van der Waals surface area (Å²) < 4.78 is 10.7. The quantitative estimate of drug-likeness (QED) is 0.599. The Balaban J connectivity index is 2.54. The number of hydrogen-bond donors (Lipinski definition) is 0. The molecule has 0 aromatic rings. The van der Waals surface area contributed by atoms with Crippen LogP contribution in [-0.4, -0.2) is 31.7 Å². The molecule has 0 spiro atoms. The molecule has 1 aliphatic rings. The first kappa shape index (κ1) is 9.68. The smallest absolute Gasteiger partial charge is 0.151 e. The molecule has 3 nitrogen and oxygen atoms in total. The van der Waals surface area contributed by atoms with Crippen LogP contribution in [0.4, 0.5) is 0 Å². The van der Waals surface area contributed by atoms with Crippen molar-refractivity contribution in [3.63, 3.8) is 0 Å². The average molecular weight is 172 g/mol. The highest BCUT2D eigenvalue weighted by molar-refractivity contribution is 5.62. The van der Waals surface area contributed by atoms with E-state index in [1.807, 2.05) is 6.92 Å². The first-order valence-corrected chi connectivity index (χ1v) is 4.51. The molecular weight excluding hydrogens is 156 g/mol. The third-order valence-electron chi connectivity index (χ3n) is 2.20. The zero-order valence-corrected chi connectivity index (χ0v) is 7.54. The van der Waals surface area contributed by atoms with Gasteiger partial charge in [-0.3, -0.25) is 0 Å². The van der Waals surface area contributed by atoms with Gasteiger partial charge in [0, 0.05) is 26.2 Å². The maximum atomic E-state index is 10.8. The van der Waals surface area contributed by atoms with Crippen molar-refractivity contribution in [2.75, 3.05) is 19.8 Å². The van der Waals surface area contributed by atoms with E-state index in [4.69, 9.17) is 9.47 Å². The van der Waals surface area contributed by atoms with Gasteiger partial charge in [0.05, 0.1) is 0 Å². The Kier molecular flexibility index (Phi) is 3.69. The van der Waals surface area contributed by atoms with Gasteiger partial charge in [0.15, 0.2) is 6.29 Å². The van der Waals surface area contributed by atoms with E-state index < -0.39 is 5.60 Å². The molecular formula is C9H16O3. The molecule has 0 N–H and O–H groups in total. The first-order valence-electron chi connectivity index (χ1n) is 4.51. The Bertz CT molecular complexity index is 137. The third kappa shape index (κ3) is 2.29. The molecule has 0 aliphatic carbocycles. The van der Waals surface area contributed by atoms with Gasteiger partial charge in [0.25, 0.3) is 0 Å². The van der Waals surface area contributed by atoms with E-state index in [0.29, 0.717) is 19.6 Å². The molecule has 1 rings (SSSR count). The lowest BCUT2D eigenvalue weighted by molar-refractivity contribution is -0.132. The minimum absolute atomic E-state index is 0.550. The van der Waals surface area contributed by atoms with Crippen LogP contribution in [0.15, 0.2) is 0 Å². The zero-order chi connectivity index (χ0) is 8.86. The van der Waals surface area contributed by atoms with Crippen LogP contribution in [0.25, 0.3) is 0 Å². The minimum Gasteiger partial charge on any atom is -0.381 e. The molecule has 0 amide bonds. The van der Waals surface area contributed by atoms with Crippen LogP contribution in [0.1, 0.15) is 26.2 Å². The average Bonchev–Trinajstić information content (AvgIpc) is 2.32. The van der Waals surface area contributed by atoms with Crippen molar-refractivity contribution >= 4 is 6.29 Å². The lowest BCUT2D eigenvalue weighted by Crippen LogP contribution is -2.34. The molecule has 1 heterocycles. The molecule has 3 heteroatoms. The van der Waals surface area contributed by atoms with Crippen LogP contribution in [0.3, 0.4) is 0 Å². The van der Waals surface area contributed by atoms with Crippen molar-refractivity contribution in [2.24, 2.45) is 0 Å². The maximum absolute atomic E-state index is 10.8. The van der Waals surface area contributed by atoms with Crippen LogP contribution < -0.4 is 0 Å². The normalized spacial score (nSPS) is 31.1. The summed E-state index contributed by atoms with van der Waals surface area (Å²) in [6.45, 7) is 3.90. The molecule has 0 saturated carbocycles. The number of carbonyl (C=O) groups is 1. The highest BCUT2D eigenvalue weighted by atomic mass is 16.5. The summed E-state index contributed by atoms with van der Waals surface area (Å²) in [6, 6.07) is 0. The van der Waals surface area contributed by atoms with E-state index in [0.717, 1.165) is 25.7 Å². The SMILES string of the molecule is CCOC1(C=O)CCCOCC1. The molecule has 0 radical (unpaired) electrons. The standard InChI is InChI=1S/C9H16O3/c1-2-12-9(8-10)4-3-6-11-7-5-9/h8H,2-7H2,1H3. The van der Waals surface area contributed by atoms with Crippen LogP contribution >= 0.6 is 0 Å². The maximum Gasteiger partial charge on any atom is 0.151 e. The summed E-state index contributed by atoms with van der Waals surface area (Å²) >= 11 is 0. The van der Waals surface area contributed by atoms with Crippen LogP contribution in [0.2, 0.25) is 0 Å². The largest absolute Gasteiger partial charge is 0.381 e. The molecule has 1 saturated heterocycles. The number of aldehydes is 1. The van der Waals surface area contributed by atoms with Gasteiger partial charge in [-0.1, -0.05) is 0 Å². The van der Waals surface area contributed by atoms with Crippen molar-refractivity contribution in [3.8, 4) is 0 Å². The Hall–Kier alpha value is -0.410. The topological polar surface area (TPSA) is 35.5 Å². The van der Waals surface area contributed by atoms with E-state index >= 15 is 0 Å². The molecule has 12 heavy (non-hydrogen) atoms. The van der Waals surface area contributed by atoms with E-state index in [-0.39, 0.29) is 0 Å². The molecule has 1 fully saturated rings. The molecule has 1 atom stereocenters. The van der Waals surface area contributed by atoms with Gasteiger partial charge >= 0.3 is 0 Å². The molecule has 0 aromatic heterocycles. The monoisotopic (exact) mass is 172 g/mol. The predicted molar refractivity (Wildman–Crippen MR) is 45.1 cm³/mol. The lowest BCUT2D eigenvalue weighted by atomic mass is 9.96. The molecule has 0 aromatic carbocycles. The zero-order valence-electron chi connectivity index (χ0n) is 7.54. The second-order valence-electron chi connectivity index (χ2n) is 3.08. The minimum atomic E-state index is -0.550. The summed E-state index contributed by atoms with van der Waals surface area (Å²) in [5.74, 6) is 0. The second kappa shape index (κ2) is 4.58. The summed E-state index contributed by atoms with van der Waals surface area (Å²) in [5.41, 5.74) is -0.550. The second-order valence-corrected chi connectivity index (χ2v) is 3.08. The van der Waals surface area contributed by atoms with Crippen molar-refractivity contribution in [1.29, 1.82) is 0 Å². The number of ether oxygens (including phenoxy) is 2. The number of hydrogen-bond acceptors (Lipinski definition) is 3. The number of rotatable bonds is 3. The van der Waals surface area contributed by atoms with E-state index in [1.165, 1.54) is 0 Å². The van der Waals surface area contributed by atoms with Crippen molar-refractivity contribution in [1.82, 2.24) is 0 Å². The molecule has 1 unspecified atom stereocenters. The van der Waals surface area contributed by atoms with E-state index in [9.17, 15) is 4.79 Å². The van der Waals surface area contributed by atoms with Gasteiger partial charge in [-0.25, -0.2) is 0 Å². The fraction of sp³-hybridized carbons (Fsp3) is 0.889. The summed E-state index contributed by atoms with van der Waals surface area (Å²) in [4.78, 5) is 10.8. The fourth-order valence-electron chi connectivity index (χ4n) is 1.53. The van der Waals surface area contributed by atoms with Crippen molar-refractivity contribution in [3.05, 3.63) is 0 Å². The van der Waals surface area contributed by atoms with Gasteiger partial charge in [0.1, 0.15) is 5.60 Å². The Labute approximate surface area is 73.0 Å². The van der Waals surface area contributed by atoms with Crippen LogP contribution in [0, 0.1) is 0 Å². The van der Waals surface area contributed by atoms with Gasteiger partial charge in [0.2, 0.25) is 0 Å². The van der Waals surface area contributed by atoms with Crippen LogP contribution in [0.5, 0.6) is 0 Å². The molecule has 70 valence electrons. The Morgan fingerprint density at radius 3 is 3.00 bits per heavy atom. The van der Waals surface area contributed by atoms with Gasteiger partial charge in [-0.05, 0) is 19.8 Å². The third-order valence-corrected chi connectivity index (χ3v) is 2.20. The predicted octanol–water partition coefficient (Wildman–Crippen LogP) is 1.16. The summed E-state index contributed by atoms with van der Waals surface area (Å²) in [6.07, 6.45) is 3.35. The van der Waals surface area contributed by atoms with E-state index in [1.54, 1.807) is 0 Å². The van der Waals surface area contributed by atoms with Crippen LogP contribution in [-0.2, 0) is 14.3 Å². The van der Waals surface area contributed by atoms with Gasteiger partial charge in [-0.15, -0.1) is 0 Å².